The molecule has 4 rings (SSSR count). The van der Waals surface area contributed by atoms with Gasteiger partial charge in [-0.25, -0.2) is 0 Å². The minimum Gasteiger partial charge on any atom is -0.378 e. The Morgan fingerprint density at radius 1 is 1.32 bits per heavy atom. The van der Waals surface area contributed by atoms with Crippen molar-refractivity contribution in [3.63, 3.8) is 0 Å². The Labute approximate surface area is 115 Å². The first-order valence-corrected chi connectivity index (χ1v) is 7.87. The third kappa shape index (κ3) is 1.55. The topological polar surface area (TPSA) is 33.1 Å². The van der Waals surface area contributed by atoms with Gasteiger partial charge in [0.1, 0.15) is 5.69 Å². The molecule has 1 N–H and O–H groups in total. The van der Waals surface area contributed by atoms with Crippen LogP contribution in [-0.2, 0) is 13.5 Å². The van der Waals surface area contributed by atoms with Crippen molar-refractivity contribution in [2.45, 2.75) is 57.5 Å². The Morgan fingerprint density at radius 3 is 3.00 bits per heavy atom. The van der Waals surface area contributed by atoms with E-state index in [0.717, 1.165) is 24.9 Å². The van der Waals surface area contributed by atoms with E-state index in [0.29, 0.717) is 6.04 Å². The van der Waals surface area contributed by atoms with E-state index in [1.54, 1.807) is 0 Å². The lowest BCUT2D eigenvalue weighted by atomic mass is 9.85. The van der Waals surface area contributed by atoms with Gasteiger partial charge >= 0.3 is 0 Å². The molecule has 3 atom stereocenters. The van der Waals surface area contributed by atoms with Gasteiger partial charge in [0.05, 0.1) is 5.69 Å². The fourth-order valence-corrected chi connectivity index (χ4v) is 4.59. The highest BCUT2D eigenvalue weighted by Gasteiger charge is 2.46. The summed E-state index contributed by atoms with van der Waals surface area (Å²) >= 11 is 0. The van der Waals surface area contributed by atoms with Crippen molar-refractivity contribution in [1.29, 1.82) is 0 Å². The van der Waals surface area contributed by atoms with E-state index >= 15 is 0 Å². The fraction of sp³-hybridized carbons (Fsp3) is 0.800. The number of nitrogens with zero attached hydrogens (tertiary/aromatic N) is 3. The van der Waals surface area contributed by atoms with Crippen molar-refractivity contribution >= 4 is 11.5 Å². The number of aryl methyl sites for hydroxylation is 2. The average Bonchev–Trinajstić information content (AvgIpc) is 2.96. The number of aromatic nitrogens is 2. The van der Waals surface area contributed by atoms with Crippen LogP contribution in [0.15, 0.2) is 0 Å². The van der Waals surface area contributed by atoms with Crippen molar-refractivity contribution in [2.24, 2.45) is 13.0 Å². The summed E-state index contributed by atoms with van der Waals surface area (Å²) in [7, 11) is 2.11. The maximum Gasteiger partial charge on any atom is 0.151 e. The normalized spacial score (nSPS) is 32.5. The van der Waals surface area contributed by atoms with Gasteiger partial charge in [-0.3, -0.25) is 4.68 Å². The van der Waals surface area contributed by atoms with Crippen molar-refractivity contribution < 1.29 is 0 Å². The molecule has 19 heavy (non-hydrogen) atoms. The Kier molecular flexibility index (Phi) is 2.54. The van der Waals surface area contributed by atoms with Gasteiger partial charge in [-0.1, -0.05) is 19.8 Å². The van der Waals surface area contributed by atoms with Crippen LogP contribution in [0.2, 0.25) is 0 Å². The molecule has 3 heterocycles. The lowest BCUT2D eigenvalue weighted by Crippen LogP contribution is -2.45. The molecule has 2 aliphatic heterocycles. The highest BCUT2D eigenvalue weighted by Crippen LogP contribution is 2.47. The molecule has 1 saturated heterocycles. The van der Waals surface area contributed by atoms with Gasteiger partial charge in [0.25, 0.3) is 0 Å². The Morgan fingerprint density at radius 2 is 2.16 bits per heavy atom. The van der Waals surface area contributed by atoms with E-state index in [4.69, 9.17) is 5.10 Å². The summed E-state index contributed by atoms with van der Waals surface area (Å²) in [4.78, 5) is 2.72. The highest BCUT2D eigenvalue weighted by atomic mass is 15.4. The van der Waals surface area contributed by atoms with Crippen LogP contribution in [-0.4, -0.2) is 28.4 Å². The minimum absolute atomic E-state index is 0.695. The molecule has 4 nitrogen and oxygen atoms in total. The van der Waals surface area contributed by atoms with Crippen molar-refractivity contribution in [3.05, 3.63) is 5.69 Å². The SMILES string of the molecule is CCc1nn(C)c2c1NCC1CC3CCCCC3N21. The van der Waals surface area contributed by atoms with Gasteiger partial charge in [-0.15, -0.1) is 0 Å². The molecule has 0 aromatic carbocycles. The van der Waals surface area contributed by atoms with Gasteiger partial charge < -0.3 is 10.2 Å². The molecule has 0 amide bonds. The van der Waals surface area contributed by atoms with Crippen molar-refractivity contribution in [1.82, 2.24) is 9.78 Å². The first-order valence-electron chi connectivity index (χ1n) is 7.87. The molecule has 1 saturated carbocycles. The monoisotopic (exact) mass is 260 g/mol. The van der Waals surface area contributed by atoms with Crippen molar-refractivity contribution in [3.8, 4) is 0 Å². The van der Waals surface area contributed by atoms with Gasteiger partial charge in [0.2, 0.25) is 0 Å². The second kappa shape index (κ2) is 4.15. The smallest absolute Gasteiger partial charge is 0.151 e. The Hall–Kier alpha value is -1.19. The third-order valence-electron chi connectivity index (χ3n) is 5.38. The summed E-state index contributed by atoms with van der Waals surface area (Å²) in [5.41, 5.74) is 2.54. The molecule has 104 valence electrons. The number of fused-ring (bicyclic) bond motifs is 5. The summed E-state index contributed by atoms with van der Waals surface area (Å²) in [6, 6.07) is 1.47. The maximum absolute atomic E-state index is 4.72. The molecule has 0 radical (unpaired) electrons. The predicted octanol–water partition coefficient (Wildman–Crippen LogP) is 2.55. The molecule has 1 aromatic rings. The number of nitrogens with one attached hydrogen (secondary N) is 1. The molecular formula is C15H24N4. The van der Waals surface area contributed by atoms with E-state index in [1.807, 2.05) is 0 Å². The summed E-state index contributed by atoms with van der Waals surface area (Å²) < 4.78 is 2.12. The van der Waals surface area contributed by atoms with Crippen LogP contribution in [0.3, 0.4) is 0 Å². The van der Waals surface area contributed by atoms with Crippen LogP contribution in [0, 0.1) is 5.92 Å². The first-order chi connectivity index (χ1) is 9.29. The molecule has 3 aliphatic rings. The zero-order valence-electron chi connectivity index (χ0n) is 12.0. The second-order valence-electron chi connectivity index (χ2n) is 6.41. The minimum atomic E-state index is 0.695. The van der Waals surface area contributed by atoms with Crippen LogP contribution >= 0.6 is 0 Å². The van der Waals surface area contributed by atoms with Crippen LogP contribution in [0.25, 0.3) is 0 Å². The number of hydrogen-bond donors (Lipinski definition) is 1. The second-order valence-corrected chi connectivity index (χ2v) is 6.41. The Balaban J connectivity index is 1.78. The number of rotatable bonds is 1. The first kappa shape index (κ1) is 11.6. The number of hydrogen-bond acceptors (Lipinski definition) is 3. The van der Waals surface area contributed by atoms with Gasteiger partial charge in [-0.05, 0) is 31.6 Å². The van der Waals surface area contributed by atoms with Crippen LogP contribution in [0.1, 0.15) is 44.7 Å². The summed E-state index contributed by atoms with van der Waals surface area (Å²) in [6.07, 6.45) is 8.06. The Bertz CT molecular complexity index is 493. The summed E-state index contributed by atoms with van der Waals surface area (Å²) in [6.45, 7) is 3.31. The average molecular weight is 260 g/mol. The zero-order valence-corrected chi connectivity index (χ0v) is 12.0. The lowest BCUT2D eigenvalue weighted by Gasteiger charge is -2.39. The quantitative estimate of drug-likeness (QED) is 0.842. The van der Waals surface area contributed by atoms with E-state index < -0.39 is 0 Å². The van der Waals surface area contributed by atoms with Gasteiger partial charge in [0.15, 0.2) is 5.82 Å². The van der Waals surface area contributed by atoms with E-state index in [-0.39, 0.29) is 0 Å². The van der Waals surface area contributed by atoms with Crippen LogP contribution < -0.4 is 10.2 Å². The van der Waals surface area contributed by atoms with E-state index in [1.165, 1.54) is 49.3 Å². The van der Waals surface area contributed by atoms with E-state index in [9.17, 15) is 0 Å². The molecule has 0 spiro atoms. The summed E-state index contributed by atoms with van der Waals surface area (Å²) in [5.74, 6) is 2.29. The van der Waals surface area contributed by atoms with Crippen LogP contribution in [0.4, 0.5) is 11.5 Å². The molecular weight excluding hydrogens is 236 g/mol. The zero-order chi connectivity index (χ0) is 13.0. The maximum atomic E-state index is 4.72. The molecule has 1 aliphatic carbocycles. The van der Waals surface area contributed by atoms with E-state index in [2.05, 4.69) is 28.9 Å². The largest absolute Gasteiger partial charge is 0.378 e. The standard InChI is InChI=1S/C15H24N4/c1-3-12-14-15(18(2)17-12)19-11(9-16-14)8-10-6-4-5-7-13(10)19/h10-11,13,16H,3-9H2,1-2H3. The predicted molar refractivity (Wildman–Crippen MR) is 77.7 cm³/mol. The van der Waals surface area contributed by atoms with Gasteiger partial charge in [0, 0.05) is 25.7 Å². The number of anilines is 2. The lowest BCUT2D eigenvalue weighted by molar-refractivity contribution is 0.340. The molecule has 4 heteroatoms. The molecule has 1 aromatic heterocycles. The molecule has 3 unspecified atom stereocenters. The fourth-order valence-electron chi connectivity index (χ4n) is 4.59. The van der Waals surface area contributed by atoms with Crippen LogP contribution in [0.5, 0.6) is 0 Å². The molecule has 2 fully saturated rings. The highest BCUT2D eigenvalue weighted by molar-refractivity contribution is 5.73. The third-order valence-corrected chi connectivity index (χ3v) is 5.38. The molecule has 0 bridgehead atoms. The van der Waals surface area contributed by atoms with Crippen molar-refractivity contribution in [2.75, 3.05) is 16.8 Å². The van der Waals surface area contributed by atoms with Gasteiger partial charge in [-0.2, -0.15) is 5.10 Å². The summed E-state index contributed by atoms with van der Waals surface area (Å²) in [5, 5.41) is 8.38.